The number of carbonyl (C=O) groups is 1. The molecule has 1 heterocycles. The summed E-state index contributed by atoms with van der Waals surface area (Å²) in [7, 11) is 0. The van der Waals surface area contributed by atoms with Gasteiger partial charge < -0.3 is 9.64 Å². The topological polar surface area (TPSA) is 29.5 Å². The Balaban J connectivity index is 2.21. The fourth-order valence-corrected chi connectivity index (χ4v) is 1.57. The van der Waals surface area contributed by atoms with Gasteiger partial charge in [0.2, 0.25) is 0 Å². The fourth-order valence-electron chi connectivity index (χ4n) is 1.41. The molecule has 1 rings (SSSR count). The van der Waals surface area contributed by atoms with E-state index in [9.17, 15) is 4.79 Å². The van der Waals surface area contributed by atoms with Crippen LogP contribution in [0.25, 0.3) is 0 Å². The third-order valence-corrected chi connectivity index (χ3v) is 2.33. The Hall–Kier alpha value is -0.280. The third kappa shape index (κ3) is 2.64. The van der Waals surface area contributed by atoms with Crippen LogP contribution in [-0.2, 0) is 4.74 Å². The lowest BCUT2D eigenvalue weighted by Crippen LogP contribution is -2.24. The van der Waals surface area contributed by atoms with Crippen LogP contribution in [0.2, 0.25) is 0 Å². The molecule has 0 aliphatic carbocycles. The van der Waals surface area contributed by atoms with Crippen molar-refractivity contribution < 1.29 is 9.53 Å². The molecule has 1 unspecified atom stereocenters. The fraction of sp³-hybridized carbons (Fsp3) is 0.875. The molecule has 0 aromatic carbocycles. The number of amides is 1. The highest BCUT2D eigenvalue weighted by atomic mass is 35.5. The highest BCUT2D eigenvalue weighted by molar-refractivity contribution is 6.62. The summed E-state index contributed by atoms with van der Waals surface area (Å²) in [5, 5.41) is -0.339. The molecule has 12 heavy (non-hydrogen) atoms. The van der Waals surface area contributed by atoms with Gasteiger partial charge in [0.1, 0.15) is 0 Å². The highest BCUT2D eigenvalue weighted by Crippen LogP contribution is 2.17. The third-order valence-electron chi connectivity index (χ3n) is 2.09. The first-order chi connectivity index (χ1) is 5.74. The summed E-state index contributed by atoms with van der Waals surface area (Å²) in [5.41, 5.74) is 0. The number of rotatable bonds is 3. The molecule has 3 nitrogen and oxygen atoms in total. The van der Waals surface area contributed by atoms with Crippen molar-refractivity contribution >= 4 is 17.0 Å². The molecule has 1 saturated heterocycles. The largest absolute Gasteiger partial charge is 0.381 e. The van der Waals surface area contributed by atoms with Gasteiger partial charge in [-0.1, -0.05) is 0 Å². The summed E-state index contributed by atoms with van der Waals surface area (Å²) in [6.07, 6.45) is 1.01. The second-order valence-electron chi connectivity index (χ2n) is 3.01. The Kier molecular flexibility index (Phi) is 3.82. The Morgan fingerprint density at radius 1 is 1.75 bits per heavy atom. The molecule has 1 fully saturated rings. The lowest BCUT2D eigenvalue weighted by molar-refractivity contribution is 0.113. The van der Waals surface area contributed by atoms with E-state index in [-0.39, 0.29) is 5.37 Å². The van der Waals surface area contributed by atoms with Gasteiger partial charge in [-0.05, 0) is 24.9 Å². The van der Waals surface area contributed by atoms with Crippen LogP contribution in [0.3, 0.4) is 0 Å². The molecule has 0 bridgehead atoms. The first-order valence-corrected chi connectivity index (χ1v) is 4.64. The molecular weight excluding hydrogens is 178 g/mol. The minimum Gasteiger partial charge on any atom is -0.381 e. The van der Waals surface area contributed by atoms with Gasteiger partial charge in [0.25, 0.3) is 0 Å². The number of halogens is 1. The van der Waals surface area contributed by atoms with Gasteiger partial charge in [-0.2, -0.15) is 0 Å². The van der Waals surface area contributed by atoms with E-state index in [0.29, 0.717) is 5.92 Å². The number of carbonyl (C=O) groups excluding carboxylic acids is 1. The number of hydrogen-bond acceptors (Lipinski definition) is 2. The molecule has 1 aliphatic rings. The predicted molar refractivity (Wildman–Crippen MR) is 47.4 cm³/mol. The van der Waals surface area contributed by atoms with E-state index in [4.69, 9.17) is 16.3 Å². The molecule has 0 aromatic heterocycles. The molecule has 0 spiro atoms. The lowest BCUT2D eigenvalue weighted by Gasteiger charge is -2.11. The van der Waals surface area contributed by atoms with Gasteiger partial charge in [-0.15, -0.1) is 0 Å². The molecule has 0 saturated carbocycles. The van der Waals surface area contributed by atoms with E-state index in [1.165, 1.54) is 0 Å². The summed E-state index contributed by atoms with van der Waals surface area (Å²) in [6.45, 7) is 4.99. The maximum absolute atomic E-state index is 10.7. The molecule has 0 N–H and O–H groups in total. The average molecular weight is 192 g/mol. The molecule has 1 atom stereocenters. The first kappa shape index (κ1) is 9.81. The smallest absolute Gasteiger partial charge is 0.316 e. The zero-order valence-electron chi connectivity index (χ0n) is 7.25. The molecule has 0 aromatic rings. The van der Waals surface area contributed by atoms with Crippen LogP contribution in [0.1, 0.15) is 13.3 Å². The van der Waals surface area contributed by atoms with Gasteiger partial charge in [0, 0.05) is 25.6 Å². The molecular formula is C8H14ClNO2. The minimum atomic E-state index is -0.339. The van der Waals surface area contributed by atoms with Crippen LogP contribution >= 0.6 is 11.6 Å². The van der Waals surface area contributed by atoms with Crippen LogP contribution < -0.4 is 0 Å². The van der Waals surface area contributed by atoms with E-state index in [1.54, 1.807) is 4.90 Å². The van der Waals surface area contributed by atoms with Crippen molar-refractivity contribution in [2.45, 2.75) is 13.3 Å². The SMILES string of the molecule is CCOCC1CCN(C(=O)Cl)C1. The summed E-state index contributed by atoms with van der Waals surface area (Å²) in [4.78, 5) is 12.4. The van der Waals surface area contributed by atoms with Crippen molar-refractivity contribution in [2.75, 3.05) is 26.3 Å². The number of likely N-dealkylation sites (tertiary alicyclic amines) is 1. The van der Waals surface area contributed by atoms with Crippen LogP contribution in [0, 0.1) is 5.92 Å². The minimum absolute atomic E-state index is 0.339. The summed E-state index contributed by atoms with van der Waals surface area (Å²) in [5.74, 6) is 0.479. The zero-order valence-corrected chi connectivity index (χ0v) is 8.01. The Morgan fingerprint density at radius 2 is 2.50 bits per heavy atom. The maximum atomic E-state index is 10.7. The van der Waals surface area contributed by atoms with Crippen molar-refractivity contribution in [3.8, 4) is 0 Å². The van der Waals surface area contributed by atoms with Gasteiger partial charge in [0.15, 0.2) is 0 Å². The number of hydrogen-bond donors (Lipinski definition) is 0. The van der Waals surface area contributed by atoms with Crippen molar-refractivity contribution in [2.24, 2.45) is 5.92 Å². The first-order valence-electron chi connectivity index (χ1n) is 4.26. The average Bonchev–Trinajstić information content (AvgIpc) is 2.48. The van der Waals surface area contributed by atoms with Gasteiger partial charge in [-0.25, -0.2) is 0 Å². The number of nitrogens with zero attached hydrogens (tertiary/aromatic N) is 1. The van der Waals surface area contributed by atoms with E-state index < -0.39 is 0 Å². The molecule has 0 radical (unpaired) electrons. The van der Waals surface area contributed by atoms with Gasteiger partial charge in [-0.3, -0.25) is 4.79 Å². The number of ether oxygens (including phenoxy) is 1. The lowest BCUT2D eigenvalue weighted by atomic mass is 10.1. The van der Waals surface area contributed by atoms with Crippen LogP contribution in [0.4, 0.5) is 4.79 Å². The zero-order chi connectivity index (χ0) is 8.97. The van der Waals surface area contributed by atoms with Crippen molar-refractivity contribution in [1.82, 2.24) is 4.90 Å². The molecule has 4 heteroatoms. The standard InChI is InChI=1S/C8H14ClNO2/c1-2-12-6-7-3-4-10(5-7)8(9)11/h7H,2-6H2,1H3. The maximum Gasteiger partial charge on any atom is 0.316 e. The second-order valence-corrected chi connectivity index (χ2v) is 3.34. The normalized spacial score (nSPS) is 23.2. The van der Waals surface area contributed by atoms with Crippen LogP contribution in [-0.4, -0.2) is 36.6 Å². The molecule has 70 valence electrons. The summed E-state index contributed by atoms with van der Waals surface area (Å²) < 4.78 is 5.26. The molecule has 1 amide bonds. The van der Waals surface area contributed by atoms with E-state index >= 15 is 0 Å². The van der Waals surface area contributed by atoms with Gasteiger partial charge >= 0.3 is 5.37 Å². The Labute approximate surface area is 77.6 Å². The Bertz CT molecular complexity index is 163. The monoisotopic (exact) mass is 191 g/mol. The predicted octanol–water partition coefficient (Wildman–Crippen LogP) is 1.70. The highest BCUT2D eigenvalue weighted by Gasteiger charge is 2.24. The van der Waals surface area contributed by atoms with Crippen LogP contribution in [0.15, 0.2) is 0 Å². The molecule has 1 aliphatic heterocycles. The van der Waals surface area contributed by atoms with Crippen molar-refractivity contribution in [3.63, 3.8) is 0 Å². The summed E-state index contributed by atoms with van der Waals surface area (Å²) >= 11 is 5.33. The second kappa shape index (κ2) is 4.67. The van der Waals surface area contributed by atoms with Gasteiger partial charge in [0.05, 0.1) is 6.61 Å². The van der Waals surface area contributed by atoms with E-state index in [1.807, 2.05) is 6.92 Å². The Morgan fingerprint density at radius 3 is 3.00 bits per heavy atom. The van der Waals surface area contributed by atoms with Crippen molar-refractivity contribution in [1.29, 1.82) is 0 Å². The summed E-state index contributed by atoms with van der Waals surface area (Å²) in [6, 6.07) is 0. The van der Waals surface area contributed by atoms with E-state index in [2.05, 4.69) is 0 Å². The quantitative estimate of drug-likeness (QED) is 0.502. The van der Waals surface area contributed by atoms with Crippen molar-refractivity contribution in [3.05, 3.63) is 0 Å². The van der Waals surface area contributed by atoms with E-state index in [0.717, 1.165) is 32.7 Å². The van der Waals surface area contributed by atoms with Crippen LogP contribution in [0.5, 0.6) is 0 Å².